The maximum absolute atomic E-state index is 14.3. The summed E-state index contributed by atoms with van der Waals surface area (Å²) < 4.78 is 27.5. The van der Waals surface area contributed by atoms with Gasteiger partial charge < -0.3 is 5.32 Å². The maximum atomic E-state index is 14.3. The smallest absolute Gasteiger partial charge is 0.308 e. The SMILES string of the molecule is N#Cc1ccc(CN2CCC3(CC2)CN(C(=O)Nc2ccc(F)cc2)c2ccc(F)cc23)cc1. The van der Waals surface area contributed by atoms with E-state index in [4.69, 9.17) is 5.26 Å². The fourth-order valence-electron chi connectivity index (χ4n) is 5.06. The van der Waals surface area contributed by atoms with Crippen LogP contribution in [0.2, 0.25) is 0 Å². The summed E-state index contributed by atoms with van der Waals surface area (Å²) in [6.07, 6.45) is 1.61. The van der Waals surface area contributed by atoms with Crippen LogP contribution in [-0.2, 0) is 12.0 Å². The standard InChI is InChI=1S/C27H24F2N4O/c28-21-5-8-23(9-6-21)31-26(34)33-18-27(24-15-22(29)7-10-25(24)33)11-13-32(14-12-27)17-20-3-1-19(16-30)2-4-20/h1-10,15H,11-14,17-18H2,(H,31,34). The molecule has 2 heterocycles. The third-order valence-corrected chi connectivity index (χ3v) is 6.92. The summed E-state index contributed by atoms with van der Waals surface area (Å²) in [5, 5.41) is 11.8. The van der Waals surface area contributed by atoms with Crippen LogP contribution in [0.5, 0.6) is 0 Å². The van der Waals surface area contributed by atoms with E-state index in [0.717, 1.165) is 49.3 Å². The Bertz CT molecular complexity index is 1240. The summed E-state index contributed by atoms with van der Waals surface area (Å²) in [5.74, 6) is -0.675. The Hall–Kier alpha value is -3.76. The van der Waals surface area contributed by atoms with Crippen LogP contribution in [0.15, 0.2) is 66.7 Å². The van der Waals surface area contributed by atoms with Gasteiger partial charge in [-0.25, -0.2) is 13.6 Å². The summed E-state index contributed by atoms with van der Waals surface area (Å²) in [6, 6.07) is 19.7. The second kappa shape index (κ2) is 8.88. The molecule has 172 valence electrons. The molecule has 0 radical (unpaired) electrons. The predicted molar refractivity (Wildman–Crippen MR) is 127 cm³/mol. The number of nitrogens with zero attached hydrogens (tertiary/aromatic N) is 3. The molecule has 0 aromatic heterocycles. The fourth-order valence-corrected chi connectivity index (χ4v) is 5.06. The normalized spacial score (nSPS) is 16.8. The minimum absolute atomic E-state index is 0.307. The Labute approximate surface area is 197 Å². The number of likely N-dealkylation sites (tertiary alicyclic amines) is 1. The number of nitriles is 1. The molecule has 7 heteroatoms. The number of benzene rings is 3. The highest BCUT2D eigenvalue weighted by atomic mass is 19.1. The lowest BCUT2D eigenvalue weighted by molar-refractivity contribution is 0.160. The zero-order valence-electron chi connectivity index (χ0n) is 18.6. The Morgan fingerprint density at radius 1 is 0.971 bits per heavy atom. The number of halogens is 2. The Kier molecular flexibility index (Phi) is 5.76. The first-order valence-corrected chi connectivity index (χ1v) is 11.3. The van der Waals surface area contributed by atoms with Gasteiger partial charge in [-0.3, -0.25) is 9.80 Å². The van der Waals surface area contributed by atoms with Crippen molar-refractivity contribution < 1.29 is 13.6 Å². The summed E-state index contributed by atoms with van der Waals surface area (Å²) in [4.78, 5) is 17.2. The van der Waals surface area contributed by atoms with Gasteiger partial charge in [-0.15, -0.1) is 0 Å². The minimum Gasteiger partial charge on any atom is -0.308 e. The Morgan fingerprint density at radius 2 is 1.65 bits per heavy atom. The lowest BCUT2D eigenvalue weighted by Gasteiger charge is -2.40. The van der Waals surface area contributed by atoms with Crippen LogP contribution in [0, 0.1) is 23.0 Å². The van der Waals surface area contributed by atoms with Crippen molar-refractivity contribution >= 4 is 17.4 Å². The summed E-state index contributed by atoms with van der Waals surface area (Å²) in [7, 11) is 0. The van der Waals surface area contributed by atoms with E-state index in [1.807, 2.05) is 24.3 Å². The van der Waals surface area contributed by atoms with Gasteiger partial charge in [0.25, 0.3) is 0 Å². The molecule has 1 N–H and O–H groups in total. The van der Waals surface area contributed by atoms with Gasteiger partial charge in [0.2, 0.25) is 0 Å². The van der Waals surface area contributed by atoms with Crippen molar-refractivity contribution in [1.29, 1.82) is 5.26 Å². The molecular formula is C27H24F2N4O. The molecule has 1 spiro atoms. The van der Waals surface area contributed by atoms with E-state index in [9.17, 15) is 13.6 Å². The van der Waals surface area contributed by atoms with E-state index in [-0.39, 0.29) is 23.1 Å². The highest BCUT2D eigenvalue weighted by molar-refractivity contribution is 6.03. The molecule has 34 heavy (non-hydrogen) atoms. The fraction of sp³-hybridized carbons (Fsp3) is 0.259. The third kappa shape index (κ3) is 4.25. The number of nitrogens with one attached hydrogen (secondary N) is 1. The molecule has 0 unspecified atom stereocenters. The summed E-state index contributed by atoms with van der Waals surface area (Å²) in [6.45, 7) is 2.91. The van der Waals surface area contributed by atoms with Crippen molar-refractivity contribution in [2.45, 2.75) is 24.8 Å². The molecular weight excluding hydrogens is 434 g/mol. The highest BCUT2D eigenvalue weighted by Crippen LogP contribution is 2.47. The van der Waals surface area contributed by atoms with Crippen LogP contribution in [-0.4, -0.2) is 30.6 Å². The molecule has 0 atom stereocenters. The van der Waals surface area contributed by atoms with Crippen LogP contribution in [0.3, 0.4) is 0 Å². The highest BCUT2D eigenvalue weighted by Gasteiger charge is 2.46. The van der Waals surface area contributed by atoms with Crippen LogP contribution < -0.4 is 10.2 Å². The molecule has 3 aromatic rings. The minimum atomic E-state index is -0.369. The molecule has 0 aliphatic carbocycles. The topological polar surface area (TPSA) is 59.4 Å². The first-order valence-electron chi connectivity index (χ1n) is 11.3. The largest absolute Gasteiger partial charge is 0.326 e. The number of urea groups is 1. The van der Waals surface area contributed by atoms with Gasteiger partial charge in [0.1, 0.15) is 11.6 Å². The third-order valence-electron chi connectivity index (χ3n) is 6.92. The zero-order chi connectivity index (χ0) is 23.7. The van der Waals surface area contributed by atoms with Gasteiger partial charge in [0.15, 0.2) is 0 Å². The van der Waals surface area contributed by atoms with E-state index < -0.39 is 0 Å². The zero-order valence-corrected chi connectivity index (χ0v) is 18.6. The Morgan fingerprint density at radius 3 is 2.32 bits per heavy atom. The number of piperidine rings is 1. The lowest BCUT2D eigenvalue weighted by atomic mass is 9.74. The second-order valence-electron chi connectivity index (χ2n) is 9.05. The molecule has 1 fully saturated rings. The molecule has 2 amide bonds. The number of hydrogen-bond donors (Lipinski definition) is 1. The molecule has 3 aromatic carbocycles. The van der Waals surface area contributed by atoms with Crippen molar-refractivity contribution in [2.24, 2.45) is 0 Å². The van der Waals surface area contributed by atoms with Crippen LogP contribution in [0.25, 0.3) is 0 Å². The molecule has 2 aliphatic rings. The summed E-state index contributed by atoms with van der Waals surface area (Å²) >= 11 is 0. The van der Waals surface area contributed by atoms with Gasteiger partial charge in [-0.1, -0.05) is 12.1 Å². The average molecular weight is 459 g/mol. The number of hydrogen-bond acceptors (Lipinski definition) is 3. The number of rotatable bonds is 3. The maximum Gasteiger partial charge on any atom is 0.326 e. The van der Waals surface area contributed by atoms with Gasteiger partial charge in [-0.2, -0.15) is 5.26 Å². The second-order valence-corrected chi connectivity index (χ2v) is 9.05. The molecule has 1 saturated heterocycles. The molecule has 5 nitrogen and oxygen atoms in total. The van der Waals surface area contributed by atoms with E-state index in [1.165, 1.54) is 30.3 Å². The predicted octanol–water partition coefficient (Wildman–Crippen LogP) is 5.42. The summed E-state index contributed by atoms with van der Waals surface area (Å²) in [5.41, 5.74) is 3.59. The van der Waals surface area contributed by atoms with Crippen molar-refractivity contribution in [3.8, 4) is 6.07 Å². The van der Waals surface area contributed by atoms with Crippen molar-refractivity contribution in [3.05, 3.63) is 95.1 Å². The van der Waals surface area contributed by atoms with Gasteiger partial charge in [0, 0.05) is 29.9 Å². The van der Waals surface area contributed by atoms with Crippen molar-refractivity contribution in [1.82, 2.24) is 4.90 Å². The first kappa shape index (κ1) is 22.1. The van der Waals surface area contributed by atoms with Gasteiger partial charge >= 0.3 is 6.03 Å². The Balaban J connectivity index is 1.32. The quantitative estimate of drug-likeness (QED) is 0.570. The first-order chi connectivity index (χ1) is 16.5. The number of carbonyl (C=O) groups excluding carboxylic acids is 1. The number of fused-ring (bicyclic) bond motifs is 2. The molecule has 0 saturated carbocycles. The van der Waals surface area contributed by atoms with Crippen LogP contribution in [0.4, 0.5) is 25.0 Å². The van der Waals surface area contributed by atoms with E-state index in [2.05, 4.69) is 16.3 Å². The monoisotopic (exact) mass is 458 g/mol. The lowest BCUT2D eigenvalue weighted by Crippen LogP contribution is -2.46. The number of amides is 2. The molecule has 0 bridgehead atoms. The van der Waals surface area contributed by atoms with Crippen molar-refractivity contribution in [2.75, 3.05) is 29.9 Å². The van der Waals surface area contributed by atoms with E-state index >= 15 is 0 Å². The number of carbonyl (C=O) groups is 1. The van der Waals surface area contributed by atoms with E-state index in [1.54, 1.807) is 17.0 Å². The van der Waals surface area contributed by atoms with Crippen molar-refractivity contribution in [3.63, 3.8) is 0 Å². The van der Waals surface area contributed by atoms with Crippen LogP contribution in [0.1, 0.15) is 29.5 Å². The van der Waals surface area contributed by atoms with Crippen LogP contribution >= 0.6 is 0 Å². The van der Waals surface area contributed by atoms with E-state index in [0.29, 0.717) is 17.8 Å². The molecule has 2 aliphatic heterocycles. The van der Waals surface area contributed by atoms with Gasteiger partial charge in [0.05, 0.1) is 11.6 Å². The molecule has 5 rings (SSSR count). The average Bonchev–Trinajstić information content (AvgIpc) is 3.16. The number of anilines is 2. The van der Waals surface area contributed by atoms with Gasteiger partial charge in [-0.05, 0) is 91.7 Å².